The summed E-state index contributed by atoms with van der Waals surface area (Å²) in [5.41, 5.74) is 4.42. The Kier molecular flexibility index (Phi) is 1.55. The summed E-state index contributed by atoms with van der Waals surface area (Å²) >= 11 is 0. The van der Waals surface area contributed by atoms with Crippen molar-refractivity contribution in [3.05, 3.63) is 17.9 Å². The zero-order chi connectivity index (χ0) is 5.98. The van der Waals surface area contributed by atoms with Gasteiger partial charge in [-0.05, 0) is 30.8 Å². The second-order valence-electron chi connectivity index (χ2n) is 2.50. The van der Waals surface area contributed by atoms with E-state index in [9.17, 15) is 0 Å². The molecular weight excluding hydrogens is 96.1 g/mol. The van der Waals surface area contributed by atoms with Gasteiger partial charge in [0.1, 0.15) is 0 Å². The normalized spacial score (nSPS) is 28.1. The molecule has 8 heavy (non-hydrogen) atoms. The highest BCUT2D eigenvalue weighted by Gasteiger charge is 2.14. The van der Waals surface area contributed by atoms with Crippen LogP contribution >= 0.6 is 0 Å². The smallest absolute Gasteiger partial charge is 0.0156 e. The Labute approximate surface area is 50.9 Å². The van der Waals surface area contributed by atoms with Gasteiger partial charge in [-0.1, -0.05) is 13.5 Å². The van der Waals surface area contributed by atoms with E-state index in [1.165, 1.54) is 24.8 Å². The summed E-state index contributed by atoms with van der Waals surface area (Å²) in [5, 5.41) is 0. The van der Waals surface area contributed by atoms with Crippen molar-refractivity contribution in [1.82, 2.24) is 0 Å². The summed E-state index contributed by atoms with van der Waals surface area (Å²) in [6.45, 7) is 5.88. The van der Waals surface area contributed by atoms with Gasteiger partial charge >= 0.3 is 0 Å². The van der Waals surface area contributed by atoms with Gasteiger partial charge in [0, 0.05) is 0 Å². The van der Waals surface area contributed by atoms with Crippen molar-refractivity contribution in [3.63, 3.8) is 0 Å². The predicted octanol–water partition coefficient (Wildman–Crippen LogP) is 2.52. The molecule has 1 aliphatic rings. The minimum absolute atomic E-state index is 0.771. The van der Waals surface area contributed by atoms with Gasteiger partial charge in [0.25, 0.3) is 0 Å². The van der Waals surface area contributed by atoms with Gasteiger partial charge in [-0.2, -0.15) is 0 Å². The maximum Gasteiger partial charge on any atom is -0.0156 e. The number of allylic oxidation sites excluding steroid dienone is 1. The maximum absolute atomic E-state index is 3.63. The van der Waals surface area contributed by atoms with Gasteiger partial charge < -0.3 is 0 Å². The molecule has 0 radical (unpaired) electrons. The molecule has 0 aromatic heterocycles. The first-order valence-electron chi connectivity index (χ1n) is 3.23. The highest BCUT2D eigenvalue weighted by Crippen LogP contribution is 2.28. The highest BCUT2D eigenvalue weighted by atomic mass is 14.2. The van der Waals surface area contributed by atoms with Gasteiger partial charge in [-0.25, -0.2) is 0 Å². The minimum atomic E-state index is 0.771. The zero-order valence-corrected chi connectivity index (χ0v) is 5.41. The van der Waals surface area contributed by atoms with E-state index in [4.69, 9.17) is 0 Å². The maximum atomic E-state index is 3.63. The van der Waals surface area contributed by atoms with Gasteiger partial charge in [0.2, 0.25) is 0 Å². The summed E-state index contributed by atoms with van der Waals surface area (Å²) in [6.07, 6.45) is 3.93. The monoisotopic (exact) mass is 108 g/mol. The Morgan fingerprint density at radius 1 is 1.75 bits per heavy atom. The van der Waals surface area contributed by atoms with Gasteiger partial charge in [0.15, 0.2) is 0 Å². The third-order valence-electron chi connectivity index (χ3n) is 1.91. The molecule has 0 saturated heterocycles. The van der Waals surface area contributed by atoms with Crippen molar-refractivity contribution in [3.8, 4) is 0 Å². The number of hydrogen-bond donors (Lipinski definition) is 0. The fourth-order valence-corrected chi connectivity index (χ4v) is 1.28. The molecule has 0 unspecified atom stereocenters. The van der Waals surface area contributed by atoms with Gasteiger partial charge in [-0.15, -0.1) is 5.73 Å². The Balaban J connectivity index is 2.68. The Morgan fingerprint density at radius 2 is 2.50 bits per heavy atom. The highest BCUT2D eigenvalue weighted by molar-refractivity contribution is 5.07. The first kappa shape index (κ1) is 5.65. The topological polar surface area (TPSA) is 0 Å². The van der Waals surface area contributed by atoms with Crippen LogP contribution in [-0.2, 0) is 0 Å². The average molecular weight is 108 g/mol. The van der Waals surface area contributed by atoms with Crippen LogP contribution in [0.15, 0.2) is 17.9 Å². The summed E-state index contributed by atoms with van der Waals surface area (Å²) in [4.78, 5) is 0. The fourth-order valence-electron chi connectivity index (χ4n) is 1.28. The second kappa shape index (κ2) is 2.19. The van der Waals surface area contributed by atoms with E-state index in [1.807, 2.05) is 0 Å². The lowest BCUT2D eigenvalue weighted by Crippen LogP contribution is -1.84. The molecule has 0 spiro atoms. The number of hydrogen-bond acceptors (Lipinski definition) is 0. The van der Waals surface area contributed by atoms with Crippen LogP contribution in [-0.4, -0.2) is 0 Å². The molecule has 1 fully saturated rings. The van der Waals surface area contributed by atoms with Crippen molar-refractivity contribution in [2.24, 2.45) is 5.92 Å². The molecule has 0 aromatic rings. The molecule has 0 aromatic carbocycles. The molecule has 44 valence electrons. The molecule has 0 aliphatic heterocycles. The molecule has 0 heteroatoms. The predicted molar refractivity (Wildman–Crippen MR) is 35.7 cm³/mol. The number of rotatable bonds is 0. The van der Waals surface area contributed by atoms with Crippen molar-refractivity contribution in [2.75, 3.05) is 0 Å². The molecule has 1 rings (SSSR count). The molecule has 1 saturated carbocycles. The third kappa shape index (κ3) is 0.850. The van der Waals surface area contributed by atoms with Crippen LogP contribution in [0.2, 0.25) is 0 Å². The van der Waals surface area contributed by atoms with Crippen LogP contribution in [0.1, 0.15) is 26.2 Å². The first-order chi connectivity index (χ1) is 3.84. The standard InChI is InChI=1S/C8H12/c1-3-8-6-4-5-7(8)2/h7H,1,4-6H2,2H3/t7-/m1/s1. The van der Waals surface area contributed by atoms with Gasteiger partial charge in [-0.3, -0.25) is 0 Å². The van der Waals surface area contributed by atoms with Gasteiger partial charge in [0.05, 0.1) is 0 Å². The lowest BCUT2D eigenvalue weighted by atomic mass is 10.1. The molecular formula is C8H12. The van der Waals surface area contributed by atoms with Crippen molar-refractivity contribution < 1.29 is 0 Å². The molecule has 1 atom stereocenters. The van der Waals surface area contributed by atoms with E-state index in [1.54, 1.807) is 0 Å². The van der Waals surface area contributed by atoms with Crippen LogP contribution in [0, 0.1) is 5.92 Å². The lowest BCUT2D eigenvalue weighted by Gasteiger charge is -1.97. The lowest BCUT2D eigenvalue weighted by molar-refractivity contribution is 0.697. The second-order valence-corrected chi connectivity index (χ2v) is 2.50. The summed E-state index contributed by atoms with van der Waals surface area (Å²) in [7, 11) is 0. The van der Waals surface area contributed by atoms with Crippen LogP contribution in [0.3, 0.4) is 0 Å². The Hall–Kier alpha value is -0.480. The van der Waals surface area contributed by atoms with Crippen LogP contribution in [0.25, 0.3) is 0 Å². The minimum Gasteiger partial charge on any atom is -0.129 e. The van der Waals surface area contributed by atoms with E-state index >= 15 is 0 Å². The molecule has 0 amide bonds. The van der Waals surface area contributed by atoms with Crippen molar-refractivity contribution >= 4 is 0 Å². The Morgan fingerprint density at radius 3 is 2.75 bits per heavy atom. The molecule has 0 heterocycles. The first-order valence-corrected chi connectivity index (χ1v) is 3.23. The summed E-state index contributed by atoms with van der Waals surface area (Å²) in [5.74, 6) is 0.771. The molecule has 0 N–H and O–H groups in total. The zero-order valence-electron chi connectivity index (χ0n) is 5.41. The van der Waals surface area contributed by atoms with Crippen LogP contribution in [0.4, 0.5) is 0 Å². The Bertz CT molecular complexity index is 127. The molecule has 0 bridgehead atoms. The van der Waals surface area contributed by atoms with Crippen LogP contribution in [0.5, 0.6) is 0 Å². The van der Waals surface area contributed by atoms with E-state index in [0.29, 0.717) is 0 Å². The van der Waals surface area contributed by atoms with E-state index in [-0.39, 0.29) is 0 Å². The quantitative estimate of drug-likeness (QED) is 0.418. The molecule has 1 aliphatic carbocycles. The SMILES string of the molecule is C=C=C1CCC[C@H]1C. The third-order valence-corrected chi connectivity index (χ3v) is 1.91. The van der Waals surface area contributed by atoms with Crippen molar-refractivity contribution in [2.45, 2.75) is 26.2 Å². The largest absolute Gasteiger partial charge is 0.129 e. The fraction of sp³-hybridized carbons (Fsp3) is 0.625. The van der Waals surface area contributed by atoms with E-state index in [0.717, 1.165) is 5.92 Å². The van der Waals surface area contributed by atoms with E-state index < -0.39 is 0 Å². The summed E-state index contributed by atoms with van der Waals surface area (Å²) in [6, 6.07) is 0. The van der Waals surface area contributed by atoms with Crippen molar-refractivity contribution in [1.29, 1.82) is 0 Å². The average Bonchev–Trinajstić information content (AvgIpc) is 2.14. The van der Waals surface area contributed by atoms with Crippen LogP contribution < -0.4 is 0 Å². The summed E-state index contributed by atoms with van der Waals surface area (Å²) < 4.78 is 0. The van der Waals surface area contributed by atoms with E-state index in [2.05, 4.69) is 19.2 Å². The molecule has 0 nitrogen and oxygen atoms in total.